The van der Waals surface area contributed by atoms with Gasteiger partial charge in [-0.25, -0.2) is 0 Å². The fourth-order valence-corrected chi connectivity index (χ4v) is 1.64. The number of thioether (sulfide) groups is 2. The summed E-state index contributed by atoms with van der Waals surface area (Å²) < 4.78 is 1.08. The van der Waals surface area contributed by atoms with Crippen LogP contribution in [0.15, 0.2) is 10.3 Å². The second-order valence-electron chi connectivity index (χ2n) is 3.49. The van der Waals surface area contributed by atoms with Crippen LogP contribution in [0.1, 0.15) is 20.8 Å². The molecule has 0 radical (unpaired) electrons. The van der Waals surface area contributed by atoms with Gasteiger partial charge in [-0.3, -0.25) is 4.79 Å². The third-order valence-corrected chi connectivity index (χ3v) is 3.43. The Morgan fingerprint density at radius 1 is 1.17 bits per heavy atom. The minimum Gasteiger partial charge on any atom is -0.294 e. The predicted molar refractivity (Wildman–Crippen MR) is 59.6 cm³/mol. The molecule has 0 amide bonds. The molecule has 0 aliphatic rings. The van der Waals surface area contributed by atoms with Crippen LogP contribution in [0.5, 0.6) is 0 Å². The van der Waals surface area contributed by atoms with E-state index in [2.05, 4.69) is 0 Å². The summed E-state index contributed by atoms with van der Waals surface area (Å²) in [4.78, 5) is 11.5. The van der Waals surface area contributed by atoms with Gasteiger partial charge in [0.15, 0.2) is 5.78 Å². The summed E-state index contributed by atoms with van der Waals surface area (Å²) in [7, 11) is 0. The lowest BCUT2D eigenvalue weighted by atomic mass is 9.91. The van der Waals surface area contributed by atoms with Crippen molar-refractivity contribution in [3.8, 4) is 0 Å². The average Bonchev–Trinajstić information content (AvgIpc) is 1.97. The Morgan fingerprint density at radius 2 is 1.58 bits per heavy atom. The maximum absolute atomic E-state index is 11.5. The van der Waals surface area contributed by atoms with Gasteiger partial charge in [0.05, 0.1) is 0 Å². The molecule has 0 aliphatic carbocycles. The van der Waals surface area contributed by atoms with Crippen molar-refractivity contribution in [2.24, 2.45) is 5.41 Å². The zero-order valence-corrected chi connectivity index (χ0v) is 9.94. The number of carbonyl (C=O) groups excluding carboxylic acids is 1. The summed E-state index contributed by atoms with van der Waals surface area (Å²) in [5.74, 6) is 0.196. The monoisotopic (exact) mass is 204 g/mol. The van der Waals surface area contributed by atoms with Crippen molar-refractivity contribution in [2.75, 3.05) is 12.5 Å². The molecule has 0 heterocycles. The fraction of sp³-hybridized carbons (Fsp3) is 0.667. The summed E-state index contributed by atoms with van der Waals surface area (Å²) in [6.45, 7) is 5.80. The molecule has 0 saturated heterocycles. The quantitative estimate of drug-likeness (QED) is 0.657. The largest absolute Gasteiger partial charge is 0.294 e. The number of ketones is 1. The van der Waals surface area contributed by atoms with Gasteiger partial charge < -0.3 is 0 Å². The molecule has 1 nitrogen and oxygen atoms in total. The van der Waals surface area contributed by atoms with Gasteiger partial charge >= 0.3 is 0 Å². The van der Waals surface area contributed by atoms with Gasteiger partial charge in [-0.2, -0.15) is 0 Å². The zero-order chi connectivity index (χ0) is 9.78. The van der Waals surface area contributed by atoms with E-state index in [1.54, 1.807) is 29.6 Å². The first kappa shape index (κ1) is 12.1. The molecule has 0 rings (SSSR count). The van der Waals surface area contributed by atoms with Gasteiger partial charge in [0.25, 0.3) is 0 Å². The van der Waals surface area contributed by atoms with E-state index in [-0.39, 0.29) is 11.2 Å². The summed E-state index contributed by atoms with van der Waals surface area (Å²) in [5.41, 5.74) is -0.253. The number of allylic oxidation sites excluding steroid dienone is 1. The highest BCUT2D eigenvalue weighted by Gasteiger charge is 2.19. The molecule has 0 aromatic carbocycles. The van der Waals surface area contributed by atoms with Gasteiger partial charge in [0.2, 0.25) is 0 Å². The Kier molecular flexibility index (Phi) is 5.02. The molecule has 0 aliphatic heterocycles. The van der Waals surface area contributed by atoms with Crippen LogP contribution in [0.3, 0.4) is 0 Å². The molecule has 0 fully saturated rings. The first-order chi connectivity index (χ1) is 5.41. The van der Waals surface area contributed by atoms with Gasteiger partial charge in [0.1, 0.15) is 0 Å². The minimum atomic E-state index is -0.253. The molecule has 0 bridgehead atoms. The van der Waals surface area contributed by atoms with E-state index in [0.717, 1.165) is 4.24 Å². The summed E-state index contributed by atoms with van der Waals surface area (Å²) in [6.07, 6.45) is 5.70. The van der Waals surface area contributed by atoms with Crippen LogP contribution in [0, 0.1) is 5.41 Å². The van der Waals surface area contributed by atoms with Gasteiger partial charge in [-0.15, -0.1) is 23.5 Å². The Hall–Kier alpha value is 0.110. The van der Waals surface area contributed by atoms with Crippen LogP contribution < -0.4 is 0 Å². The second kappa shape index (κ2) is 4.97. The third kappa shape index (κ3) is 4.21. The molecule has 3 heteroatoms. The standard InChI is InChI=1S/C9H16OS2/c1-9(2,3)7(10)6-8(11-4)12-5/h6H,1-5H3. The fourth-order valence-electron chi connectivity index (χ4n) is 0.525. The molecular weight excluding hydrogens is 188 g/mol. The van der Waals surface area contributed by atoms with Crippen molar-refractivity contribution in [1.29, 1.82) is 0 Å². The normalized spacial score (nSPS) is 11.1. The van der Waals surface area contributed by atoms with Crippen LogP contribution in [-0.2, 0) is 4.79 Å². The topological polar surface area (TPSA) is 17.1 Å². The zero-order valence-electron chi connectivity index (χ0n) is 8.30. The lowest BCUT2D eigenvalue weighted by Crippen LogP contribution is -2.17. The van der Waals surface area contributed by atoms with Gasteiger partial charge in [-0.05, 0) is 12.5 Å². The van der Waals surface area contributed by atoms with Crippen molar-refractivity contribution in [3.63, 3.8) is 0 Å². The number of hydrogen-bond donors (Lipinski definition) is 0. The molecule has 12 heavy (non-hydrogen) atoms. The highest BCUT2D eigenvalue weighted by atomic mass is 32.2. The molecule has 70 valence electrons. The Bertz CT molecular complexity index is 183. The van der Waals surface area contributed by atoms with Crippen LogP contribution >= 0.6 is 23.5 Å². The van der Waals surface area contributed by atoms with E-state index in [1.165, 1.54) is 0 Å². The lowest BCUT2D eigenvalue weighted by molar-refractivity contribution is -0.121. The molecule has 0 N–H and O–H groups in total. The molecule has 0 atom stereocenters. The van der Waals surface area contributed by atoms with Crippen LogP contribution in [0.25, 0.3) is 0 Å². The second-order valence-corrected chi connectivity index (χ2v) is 5.44. The van der Waals surface area contributed by atoms with Crippen molar-refractivity contribution >= 4 is 29.3 Å². The minimum absolute atomic E-state index is 0.196. The van der Waals surface area contributed by atoms with E-state index >= 15 is 0 Å². The maximum atomic E-state index is 11.5. The number of carbonyl (C=O) groups is 1. The van der Waals surface area contributed by atoms with E-state index < -0.39 is 0 Å². The highest BCUT2D eigenvalue weighted by molar-refractivity contribution is 8.21. The summed E-state index contributed by atoms with van der Waals surface area (Å²) in [5, 5.41) is 0. The van der Waals surface area contributed by atoms with Crippen molar-refractivity contribution in [3.05, 3.63) is 10.3 Å². The average molecular weight is 204 g/mol. The van der Waals surface area contributed by atoms with Crippen LogP contribution in [-0.4, -0.2) is 18.3 Å². The molecule has 0 spiro atoms. The number of rotatable bonds is 3. The highest BCUT2D eigenvalue weighted by Crippen LogP contribution is 2.26. The SMILES string of the molecule is CSC(=CC(=O)C(C)(C)C)SC. The smallest absolute Gasteiger partial charge is 0.162 e. The third-order valence-electron chi connectivity index (χ3n) is 1.39. The summed E-state index contributed by atoms with van der Waals surface area (Å²) >= 11 is 3.24. The van der Waals surface area contributed by atoms with Gasteiger partial charge in [-0.1, -0.05) is 20.8 Å². The van der Waals surface area contributed by atoms with E-state index in [0.29, 0.717) is 0 Å². The van der Waals surface area contributed by atoms with Crippen LogP contribution in [0.4, 0.5) is 0 Å². The Morgan fingerprint density at radius 3 is 1.83 bits per heavy atom. The summed E-state index contributed by atoms with van der Waals surface area (Å²) in [6, 6.07) is 0. The molecule has 0 aromatic heterocycles. The van der Waals surface area contributed by atoms with E-state index in [1.807, 2.05) is 33.3 Å². The lowest BCUT2D eigenvalue weighted by Gasteiger charge is -2.13. The number of hydrogen-bond acceptors (Lipinski definition) is 3. The first-order valence-electron chi connectivity index (χ1n) is 3.76. The maximum Gasteiger partial charge on any atom is 0.162 e. The molecular formula is C9H16OS2. The molecule has 0 unspecified atom stereocenters. The molecule has 0 aromatic rings. The predicted octanol–water partition coefficient (Wildman–Crippen LogP) is 3.17. The van der Waals surface area contributed by atoms with E-state index in [4.69, 9.17) is 0 Å². The van der Waals surface area contributed by atoms with Crippen molar-refractivity contribution in [1.82, 2.24) is 0 Å². The molecule has 0 saturated carbocycles. The Balaban J connectivity index is 4.42. The van der Waals surface area contributed by atoms with Crippen LogP contribution in [0.2, 0.25) is 0 Å². The van der Waals surface area contributed by atoms with Crippen molar-refractivity contribution < 1.29 is 4.79 Å². The van der Waals surface area contributed by atoms with Crippen molar-refractivity contribution in [2.45, 2.75) is 20.8 Å². The Labute approximate surface area is 83.4 Å². The van der Waals surface area contributed by atoms with Gasteiger partial charge in [0, 0.05) is 15.7 Å². The van der Waals surface area contributed by atoms with E-state index in [9.17, 15) is 4.79 Å². The first-order valence-corrected chi connectivity index (χ1v) is 6.21.